The number of alkyl halides is 1. The van der Waals surface area contributed by atoms with Gasteiger partial charge in [0.05, 0.1) is 6.61 Å². The van der Waals surface area contributed by atoms with Gasteiger partial charge in [0.25, 0.3) is 0 Å². The zero-order valence-corrected chi connectivity index (χ0v) is 8.04. The fraction of sp³-hybridized carbons (Fsp3) is 0.875. The normalized spacial score (nSPS) is 41.3. The zero-order valence-electron chi connectivity index (χ0n) is 8.04. The molecule has 7 heteroatoms. The molecule has 88 valence electrons. The number of hydrogen-bond acceptors (Lipinski definition) is 6. The number of rotatable bonds is 2. The SMILES string of the molecule is CC(=O)O[C@@H]1C(F)O[C@H](CO)[C@@H](O)[C@@H]1O. The van der Waals surface area contributed by atoms with Crippen LogP contribution >= 0.6 is 0 Å². The smallest absolute Gasteiger partial charge is 0.303 e. The van der Waals surface area contributed by atoms with E-state index < -0.39 is 43.3 Å². The maximum absolute atomic E-state index is 13.2. The fourth-order valence-electron chi connectivity index (χ4n) is 1.36. The lowest BCUT2D eigenvalue weighted by Crippen LogP contribution is -2.58. The van der Waals surface area contributed by atoms with E-state index in [0.717, 1.165) is 6.92 Å². The van der Waals surface area contributed by atoms with Crippen LogP contribution in [0.1, 0.15) is 6.92 Å². The number of carbonyl (C=O) groups is 1. The molecule has 0 aliphatic carbocycles. The van der Waals surface area contributed by atoms with Crippen LogP contribution in [0.15, 0.2) is 0 Å². The molecule has 1 heterocycles. The van der Waals surface area contributed by atoms with E-state index in [0.29, 0.717) is 0 Å². The summed E-state index contributed by atoms with van der Waals surface area (Å²) in [6, 6.07) is 0. The summed E-state index contributed by atoms with van der Waals surface area (Å²) in [6.07, 6.45) is -7.97. The molecular weight excluding hydrogens is 211 g/mol. The van der Waals surface area contributed by atoms with Crippen molar-refractivity contribution in [2.45, 2.75) is 37.7 Å². The van der Waals surface area contributed by atoms with Crippen molar-refractivity contribution in [2.24, 2.45) is 0 Å². The number of aliphatic hydroxyl groups excluding tert-OH is 3. The molecule has 5 atom stereocenters. The minimum atomic E-state index is -2.07. The van der Waals surface area contributed by atoms with Crippen molar-refractivity contribution in [2.75, 3.05) is 6.61 Å². The van der Waals surface area contributed by atoms with Gasteiger partial charge in [-0.1, -0.05) is 0 Å². The summed E-state index contributed by atoms with van der Waals surface area (Å²) in [4.78, 5) is 10.6. The van der Waals surface area contributed by atoms with Gasteiger partial charge in [-0.2, -0.15) is 0 Å². The van der Waals surface area contributed by atoms with Crippen LogP contribution in [-0.4, -0.2) is 58.7 Å². The number of esters is 1. The molecule has 0 aromatic heterocycles. The molecule has 15 heavy (non-hydrogen) atoms. The minimum absolute atomic E-state index is 0.633. The summed E-state index contributed by atoms with van der Waals surface area (Å²) in [5, 5.41) is 27.4. The molecule has 0 radical (unpaired) electrons. The van der Waals surface area contributed by atoms with Crippen LogP contribution in [0.3, 0.4) is 0 Å². The number of aliphatic hydroxyl groups is 3. The summed E-state index contributed by atoms with van der Waals surface area (Å²) in [7, 11) is 0. The molecular formula is C8H13FO6. The maximum atomic E-state index is 13.2. The first-order chi connectivity index (χ1) is 6.97. The molecule has 0 amide bonds. The van der Waals surface area contributed by atoms with Crippen LogP contribution in [-0.2, 0) is 14.3 Å². The Kier molecular flexibility index (Phi) is 3.97. The molecule has 1 rings (SSSR count). The van der Waals surface area contributed by atoms with Gasteiger partial charge in [-0.15, -0.1) is 0 Å². The van der Waals surface area contributed by atoms with Crippen molar-refractivity contribution in [1.29, 1.82) is 0 Å². The van der Waals surface area contributed by atoms with Crippen LogP contribution in [0.2, 0.25) is 0 Å². The van der Waals surface area contributed by atoms with E-state index in [1.807, 2.05) is 0 Å². The molecule has 1 aliphatic heterocycles. The average Bonchev–Trinajstić information content (AvgIpc) is 2.18. The van der Waals surface area contributed by atoms with Crippen molar-refractivity contribution in [3.8, 4) is 0 Å². The second-order valence-corrected chi connectivity index (χ2v) is 3.26. The van der Waals surface area contributed by atoms with E-state index in [9.17, 15) is 19.4 Å². The molecule has 0 aromatic carbocycles. The maximum Gasteiger partial charge on any atom is 0.303 e. The Morgan fingerprint density at radius 3 is 2.53 bits per heavy atom. The van der Waals surface area contributed by atoms with E-state index >= 15 is 0 Å². The molecule has 0 bridgehead atoms. The van der Waals surface area contributed by atoms with Gasteiger partial charge >= 0.3 is 5.97 Å². The van der Waals surface area contributed by atoms with Gasteiger partial charge in [0.1, 0.15) is 18.3 Å². The van der Waals surface area contributed by atoms with Gasteiger partial charge in [0.15, 0.2) is 6.10 Å². The Bertz CT molecular complexity index is 235. The Balaban J connectivity index is 2.70. The van der Waals surface area contributed by atoms with Crippen LogP contribution in [0, 0.1) is 0 Å². The summed E-state index contributed by atoms with van der Waals surface area (Å²) < 4.78 is 22.2. The molecule has 6 nitrogen and oxygen atoms in total. The fourth-order valence-corrected chi connectivity index (χ4v) is 1.36. The van der Waals surface area contributed by atoms with E-state index in [-0.39, 0.29) is 0 Å². The third-order valence-corrected chi connectivity index (χ3v) is 2.11. The van der Waals surface area contributed by atoms with Crippen LogP contribution in [0.4, 0.5) is 4.39 Å². The minimum Gasteiger partial charge on any atom is -0.454 e. The number of carbonyl (C=O) groups excluding carboxylic acids is 1. The predicted octanol–water partition coefficient (Wildman–Crippen LogP) is -1.67. The first kappa shape index (κ1) is 12.3. The van der Waals surface area contributed by atoms with Crippen LogP contribution in [0.5, 0.6) is 0 Å². The average molecular weight is 224 g/mol. The van der Waals surface area contributed by atoms with Crippen LogP contribution in [0.25, 0.3) is 0 Å². The van der Waals surface area contributed by atoms with E-state index in [4.69, 9.17) is 5.11 Å². The Morgan fingerprint density at radius 1 is 1.47 bits per heavy atom. The standard InChI is InChI=1S/C8H13FO6/c1-3(11)14-7-6(13)5(12)4(2-10)15-8(7)9/h4-8,10,12-13H,2H2,1H3/t4-,5-,6+,7+,8?/m1/s1. The number of halogens is 1. The predicted molar refractivity (Wildman–Crippen MR) is 44.4 cm³/mol. The second kappa shape index (κ2) is 4.84. The highest BCUT2D eigenvalue weighted by atomic mass is 19.1. The summed E-state index contributed by atoms with van der Waals surface area (Å²) in [5.74, 6) is -0.792. The lowest BCUT2D eigenvalue weighted by Gasteiger charge is -2.38. The van der Waals surface area contributed by atoms with Crippen molar-refractivity contribution >= 4 is 5.97 Å². The van der Waals surface area contributed by atoms with Crippen LogP contribution < -0.4 is 0 Å². The van der Waals surface area contributed by atoms with E-state index in [1.54, 1.807) is 0 Å². The first-order valence-electron chi connectivity index (χ1n) is 4.41. The highest BCUT2D eigenvalue weighted by Gasteiger charge is 2.46. The molecule has 1 unspecified atom stereocenters. The lowest BCUT2D eigenvalue weighted by molar-refractivity contribution is -0.268. The van der Waals surface area contributed by atoms with Gasteiger partial charge in [-0.3, -0.25) is 4.79 Å². The van der Waals surface area contributed by atoms with Gasteiger partial charge < -0.3 is 24.8 Å². The molecule has 0 saturated carbocycles. The Hall–Kier alpha value is -0.760. The van der Waals surface area contributed by atoms with Crippen molar-refractivity contribution in [3.05, 3.63) is 0 Å². The van der Waals surface area contributed by atoms with Gasteiger partial charge in [-0.25, -0.2) is 4.39 Å². The molecule has 3 N–H and O–H groups in total. The van der Waals surface area contributed by atoms with Gasteiger partial charge in [0.2, 0.25) is 6.36 Å². The highest BCUT2D eigenvalue weighted by molar-refractivity contribution is 5.66. The van der Waals surface area contributed by atoms with Crippen molar-refractivity contribution in [3.63, 3.8) is 0 Å². The van der Waals surface area contributed by atoms with Gasteiger partial charge in [0, 0.05) is 6.92 Å². The monoisotopic (exact) mass is 224 g/mol. The topological polar surface area (TPSA) is 96.2 Å². The third kappa shape index (κ3) is 2.63. The lowest BCUT2D eigenvalue weighted by atomic mass is 10.00. The molecule has 1 saturated heterocycles. The van der Waals surface area contributed by atoms with Gasteiger partial charge in [-0.05, 0) is 0 Å². The van der Waals surface area contributed by atoms with E-state index in [1.165, 1.54) is 0 Å². The molecule has 1 fully saturated rings. The first-order valence-corrected chi connectivity index (χ1v) is 4.41. The zero-order chi connectivity index (χ0) is 11.6. The second-order valence-electron chi connectivity index (χ2n) is 3.26. The Labute approximate surface area is 85.2 Å². The van der Waals surface area contributed by atoms with Crippen molar-refractivity contribution < 1.29 is 34.0 Å². The Morgan fingerprint density at radius 2 is 2.07 bits per heavy atom. The van der Waals surface area contributed by atoms with E-state index in [2.05, 4.69) is 9.47 Å². The largest absolute Gasteiger partial charge is 0.454 e. The highest BCUT2D eigenvalue weighted by Crippen LogP contribution is 2.24. The summed E-state index contributed by atoms with van der Waals surface area (Å²) in [6.45, 7) is 0.412. The third-order valence-electron chi connectivity index (χ3n) is 2.11. The molecule has 0 aromatic rings. The molecule has 1 aliphatic rings. The van der Waals surface area contributed by atoms with Crippen molar-refractivity contribution in [1.82, 2.24) is 0 Å². The summed E-state index contributed by atoms with van der Waals surface area (Å²) >= 11 is 0. The molecule has 0 spiro atoms. The number of ether oxygens (including phenoxy) is 2. The summed E-state index contributed by atoms with van der Waals surface area (Å²) in [5.41, 5.74) is 0. The quantitative estimate of drug-likeness (QED) is 0.485. The number of hydrogen-bond donors (Lipinski definition) is 3.